The lowest BCUT2D eigenvalue weighted by atomic mass is 9.78. The van der Waals surface area contributed by atoms with Crippen LogP contribution in [-0.4, -0.2) is 25.6 Å². The highest BCUT2D eigenvalue weighted by molar-refractivity contribution is 6.74. The van der Waals surface area contributed by atoms with E-state index in [1.807, 2.05) is 6.08 Å². The first kappa shape index (κ1) is 19.6. The number of aliphatic hydroxyl groups is 1. The van der Waals surface area contributed by atoms with E-state index in [9.17, 15) is 5.11 Å². The molecule has 0 heterocycles. The molecule has 2 nitrogen and oxygen atoms in total. The topological polar surface area (TPSA) is 29.5 Å². The minimum absolute atomic E-state index is 0.0177. The van der Waals surface area contributed by atoms with Crippen molar-refractivity contribution in [2.45, 2.75) is 77.8 Å². The van der Waals surface area contributed by atoms with Gasteiger partial charge in [-0.25, -0.2) is 0 Å². The van der Waals surface area contributed by atoms with Crippen LogP contribution in [0.2, 0.25) is 18.1 Å². The van der Waals surface area contributed by atoms with Gasteiger partial charge in [0.2, 0.25) is 0 Å². The first-order valence-electron chi connectivity index (χ1n) is 7.47. The highest BCUT2D eigenvalue weighted by Crippen LogP contribution is 2.41. The Kier molecular flexibility index (Phi) is 6.92. The van der Waals surface area contributed by atoms with Gasteiger partial charge in [-0.05, 0) is 31.0 Å². The van der Waals surface area contributed by atoms with Gasteiger partial charge in [0.05, 0.1) is 12.2 Å². The fourth-order valence-corrected chi connectivity index (χ4v) is 3.33. The quantitative estimate of drug-likeness (QED) is 0.509. The first-order valence-corrected chi connectivity index (χ1v) is 10.4. The molecular formula is C17H34O2Si. The van der Waals surface area contributed by atoms with Crippen molar-refractivity contribution in [2.24, 2.45) is 5.41 Å². The molecule has 0 bridgehead atoms. The maximum atomic E-state index is 10.4. The Bertz CT molecular complexity index is 326. The van der Waals surface area contributed by atoms with Gasteiger partial charge in [0.15, 0.2) is 8.32 Å². The van der Waals surface area contributed by atoms with E-state index in [2.05, 4.69) is 60.9 Å². The van der Waals surface area contributed by atoms with Crippen LogP contribution in [0.25, 0.3) is 0 Å². The molecule has 0 radical (unpaired) electrons. The molecule has 20 heavy (non-hydrogen) atoms. The Morgan fingerprint density at radius 3 is 1.85 bits per heavy atom. The van der Waals surface area contributed by atoms with E-state index < -0.39 is 14.4 Å². The van der Waals surface area contributed by atoms with Gasteiger partial charge in [0.1, 0.15) is 0 Å². The summed E-state index contributed by atoms with van der Waals surface area (Å²) in [7, 11) is -1.87. The van der Waals surface area contributed by atoms with E-state index in [4.69, 9.17) is 4.43 Å². The predicted molar refractivity (Wildman–Crippen MR) is 91.5 cm³/mol. The number of hydrogen-bond acceptors (Lipinski definition) is 2. The van der Waals surface area contributed by atoms with Crippen LogP contribution in [0, 0.1) is 5.41 Å². The summed E-state index contributed by atoms with van der Waals surface area (Å²) in [6, 6.07) is 0. The van der Waals surface area contributed by atoms with Gasteiger partial charge in [-0.1, -0.05) is 46.8 Å². The first-order chi connectivity index (χ1) is 8.90. The van der Waals surface area contributed by atoms with Gasteiger partial charge in [-0.2, -0.15) is 0 Å². The molecule has 0 aromatic carbocycles. The molecule has 3 heteroatoms. The monoisotopic (exact) mass is 298 g/mol. The van der Waals surface area contributed by atoms with Crippen LogP contribution < -0.4 is 0 Å². The summed E-state index contributed by atoms with van der Waals surface area (Å²) in [5, 5.41) is 10.6. The predicted octanol–water partition coefficient (Wildman–Crippen LogP) is 4.92. The summed E-state index contributed by atoms with van der Waals surface area (Å²) in [6.07, 6.45) is 4.53. The molecule has 0 saturated heterocycles. The lowest BCUT2D eigenvalue weighted by molar-refractivity contribution is -0.0373. The third-order valence-corrected chi connectivity index (χ3v) is 9.19. The normalized spacial score (nSPS) is 16.6. The van der Waals surface area contributed by atoms with Crippen LogP contribution in [0.3, 0.4) is 0 Å². The van der Waals surface area contributed by atoms with Crippen LogP contribution in [0.5, 0.6) is 0 Å². The third kappa shape index (κ3) is 4.87. The van der Waals surface area contributed by atoms with Crippen molar-refractivity contribution in [3.63, 3.8) is 0 Å². The summed E-state index contributed by atoms with van der Waals surface area (Å²) in [5.41, 5.74) is -0.322. The number of rotatable bonds is 8. The van der Waals surface area contributed by atoms with Crippen molar-refractivity contribution < 1.29 is 9.53 Å². The second kappa shape index (κ2) is 7.06. The molecule has 0 amide bonds. The molecule has 0 aliphatic rings. The molecule has 0 spiro atoms. The van der Waals surface area contributed by atoms with E-state index in [-0.39, 0.29) is 16.6 Å². The van der Waals surface area contributed by atoms with E-state index in [0.29, 0.717) is 6.42 Å². The number of aliphatic hydroxyl groups excluding tert-OH is 1. The zero-order valence-corrected chi connectivity index (χ0v) is 15.5. The number of hydrogen-bond donors (Lipinski definition) is 1. The van der Waals surface area contributed by atoms with E-state index in [1.54, 1.807) is 6.08 Å². The van der Waals surface area contributed by atoms with Gasteiger partial charge < -0.3 is 9.53 Å². The third-order valence-electron chi connectivity index (χ3n) is 4.70. The van der Waals surface area contributed by atoms with Gasteiger partial charge in [0.25, 0.3) is 0 Å². The average Bonchev–Trinajstić information content (AvgIpc) is 2.26. The fraction of sp³-hybridized carbons (Fsp3) is 0.765. The van der Waals surface area contributed by atoms with Crippen LogP contribution >= 0.6 is 0 Å². The Balaban J connectivity index is 5.24. The Hall–Kier alpha value is -0.383. The Labute approximate surface area is 127 Å². The van der Waals surface area contributed by atoms with Crippen molar-refractivity contribution in [3.8, 4) is 0 Å². The maximum absolute atomic E-state index is 10.4. The summed E-state index contributed by atoms with van der Waals surface area (Å²) < 4.78 is 6.55. The summed E-state index contributed by atoms with van der Waals surface area (Å²) in [4.78, 5) is 0. The smallest absolute Gasteiger partial charge is 0.192 e. The van der Waals surface area contributed by atoms with Crippen molar-refractivity contribution in [1.82, 2.24) is 0 Å². The molecule has 2 atom stereocenters. The molecule has 0 saturated carbocycles. The molecular weight excluding hydrogens is 264 g/mol. The molecule has 118 valence electrons. The van der Waals surface area contributed by atoms with E-state index in [0.717, 1.165) is 6.42 Å². The SMILES string of the molecule is C=CC[C@@H](O)C(C)(C)[C@@H](CC=C)O[Si](C)(C)C(C)(C)C. The van der Waals surface area contributed by atoms with Crippen LogP contribution in [0.1, 0.15) is 47.5 Å². The summed E-state index contributed by atoms with van der Waals surface area (Å²) >= 11 is 0. The molecule has 0 rings (SSSR count). The van der Waals surface area contributed by atoms with Crippen LogP contribution in [-0.2, 0) is 4.43 Å². The van der Waals surface area contributed by atoms with E-state index in [1.165, 1.54) is 0 Å². The van der Waals surface area contributed by atoms with Gasteiger partial charge in [-0.15, -0.1) is 13.2 Å². The van der Waals surface area contributed by atoms with Crippen molar-refractivity contribution in [2.75, 3.05) is 0 Å². The van der Waals surface area contributed by atoms with Crippen LogP contribution in [0.15, 0.2) is 25.3 Å². The van der Waals surface area contributed by atoms with Crippen molar-refractivity contribution >= 4 is 8.32 Å². The minimum atomic E-state index is -1.87. The lowest BCUT2D eigenvalue weighted by Gasteiger charge is -2.45. The minimum Gasteiger partial charge on any atom is -0.413 e. The second-order valence-corrected chi connectivity index (χ2v) is 12.5. The summed E-state index contributed by atoms with van der Waals surface area (Å²) in [6.45, 7) is 22.9. The van der Waals surface area contributed by atoms with Crippen LogP contribution in [0.4, 0.5) is 0 Å². The standard InChI is InChI=1S/C17H34O2Si/c1-10-12-14(18)17(6,7)15(13-11-2)19-20(8,9)16(3,4)5/h10-11,14-15,18H,1-2,12-13H2,3-9H3/t14-,15-/m1/s1. The van der Waals surface area contributed by atoms with Gasteiger partial charge in [0, 0.05) is 5.41 Å². The average molecular weight is 299 g/mol. The Morgan fingerprint density at radius 2 is 1.50 bits per heavy atom. The zero-order chi connectivity index (χ0) is 16.2. The highest BCUT2D eigenvalue weighted by atomic mass is 28.4. The molecule has 1 N–H and O–H groups in total. The molecule has 0 aliphatic heterocycles. The van der Waals surface area contributed by atoms with Gasteiger partial charge >= 0.3 is 0 Å². The van der Waals surface area contributed by atoms with Crippen molar-refractivity contribution in [1.29, 1.82) is 0 Å². The molecule has 0 aromatic heterocycles. The largest absolute Gasteiger partial charge is 0.413 e. The second-order valence-electron chi connectivity index (χ2n) is 7.75. The molecule has 0 aliphatic carbocycles. The lowest BCUT2D eigenvalue weighted by Crippen LogP contribution is -2.50. The van der Waals surface area contributed by atoms with Gasteiger partial charge in [-0.3, -0.25) is 0 Å². The Morgan fingerprint density at radius 1 is 1.05 bits per heavy atom. The molecule has 0 aromatic rings. The summed E-state index contributed by atoms with van der Waals surface area (Å²) in [5.74, 6) is 0. The molecule has 0 unspecified atom stereocenters. The maximum Gasteiger partial charge on any atom is 0.192 e. The molecule has 0 fully saturated rings. The zero-order valence-electron chi connectivity index (χ0n) is 14.5. The van der Waals surface area contributed by atoms with E-state index >= 15 is 0 Å². The highest BCUT2D eigenvalue weighted by Gasteiger charge is 2.44. The van der Waals surface area contributed by atoms with Crippen molar-refractivity contribution in [3.05, 3.63) is 25.3 Å². The fourth-order valence-electron chi connectivity index (χ4n) is 1.86.